The van der Waals surface area contributed by atoms with Crippen LogP contribution in [0.25, 0.3) is 0 Å². The molecule has 0 atom stereocenters. The summed E-state index contributed by atoms with van der Waals surface area (Å²) < 4.78 is 1.80. The van der Waals surface area contributed by atoms with E-state index in [1.165, 1.54) is 5.56 Å². The molecule has 0 unspecified atom stereocenters. The molecule has 0 amide bonds. The van der Waals surface area contributed by atoms with Gasteiger partial charge in [-0.15, -0.1) is 23.2 Å². The Hall–Kier alpha value is -0.700. The van der Waals surface area contributed by atoms with E-state index in [9.17, 15) is 0 Å². The molecule has 0 aliphatic heterocycles. The zero-order valence-corrected chi connectivity index (χ0v) is 13.6. The molecule has 2 rings (SSSR count). The Labute approximate surface area is 134 Å². The lowest BCUT2D eigenvalue weighted by Gasteiger charge is -2.31. The van der Waals surface area contributed by atoms with E-state index in [2.05, 4.69) is 5.10 Å². The Morgan fingerprint density at radius 2 is 1.90 bits per heavy atom. The number of aromatic nitrogens is 2. The van der Waals surface area contributed by atoms with Crippen molar-refractivity contribution in [2.24, 2.45) is 7.05 Å². The third kappa shape index (κ3) is 3.30. The number of hydrogen-bond donors (Lipinski definition) is 0. The highest BCUT2D eigenvalue weighted by Crippen LogP contribution is 2.36. The molecule has 2 nitrogen and oxygen atoms in total. The maximum Gasteiger partial charge on any atom is 0.0521 e. The number of halogens is 3. The zero-order valence-electron chi connectivity index (χ0n) is 11.3. The van der Waals surface area contributed by atoms with E-state index in [1.54, 1.807) is 4.68 Å². The smallest absolute Gasteiger partial charge is 0.0521 e. The summed E-state index contributed by atoms with van der Waals surface area (Å²) in [6.07, 6.45) is 5.60. The molecule has 0 bridgehead atoms. The summed E-state index contributed by atoms with van der Waals surface area (Å²) in [4.78, 5) is 0. The van der Waals surface area contributed by atoms with Gasteiger partial charge in [0.25, 0.3) is 0 Å². The number of benzene rings is 1. The van der Waals surface area contributed by atoms with Crippen LogP contribution in [0.3, 0.4) is 0 Å². The largest absolute Gasteiger partial charge is 0.276 e. The molecule has 0 radical (unpaired) electrons. The van der Waals surface area contributed by atoms with Gasteiger partial charge in [-0.05, 0) is 30.0 Å². The molecular weight excluding hydrogens is 315 g/mol. The van der Waals surface area contributed by atoms with Crippen molar-refractivity contribution in [3.05, 3.63) is 52.8 Å². The monoisotopic (exact) mass is 330 g/mol. The fourth-order valence-electron chi connectivity index (χ4n) is 2.32. The van der Waals surface area contributed by atoms with Crippen LogP contribution in [0, 0.1) is 0 Å². The Morgan fingerprint density at radius 1 is 1.20 bits per heavy atom. The Bertz CT molecular complexity index is 562. The summed E-state index contributed by atoms with van der Waals surface area (Å²) in [7, 11) is 1.91. The lowest BCUT2D eigenvalue weighted by Crippen LogP contribution is -2.31. The first-order valence-electron chi connectivity index (χ1n) is 6.46. The Kier molecular flexibility index (Phi) is 5.36. The van der Waals surface area contributed by atoms with Gasteiger partial charge in [0.15, 0.2) is 0 Å². The molecule has 1 heterocycles. The van der Waals surface area contributed by atoms with Gasteiger partial charge in [-0.3, -0.25) is 4.68 Å². The number of aryl methyl sites for hydroxylation is 2. The van der Waals surface area contributed by atoms with Gasteiger partial charge in [0.05, 0.1) is 6.20 Å². The van der Waals surface area contributed by atoms with Gasteiger partial charge in [-0.1, -0.05) is 29.8 Å². The highest BCUT2D eigenvalue weighted by molar-refractivity contribution is 6.32. The van der Waals surface area contributed by atoms with E-state index >= 15 is 0 Å². The SMILES string of the molecule is Cn1cc(CCC(CCl)(CCl)c2ccccc2Cl)cn1. The van der Waals surface area contributed by atoms with Gasteiger partial charge < -0.3 is 0 Å². The van der Waals surface area contributed by atoms with E-state index in [0.29, 0.717) is 11.8 Å². The number of nitrogens with zero attached hydrogens (tertiary/aromatic N) is 2. The highest BCUT2D eigenvalue weighted by Gasteiger charge is 2.32. The van der Waals surface area contributed by atoms with Crippen LogP contribution in [-0.4, -0.2) is 21.5 Å². The van der Waals surface area contributed by atoms with Crippen LogP contribution in [0.5, 0.6) is 0 Å². The number of rotatable bonds is 6. The van der Waals surface area contributed by atoms with Gasteiger partial charge in [0.1, 0.15) is 0 Å². The second kappa shape index (κ2) is 6.84. The van der Waals surface area contributed by atoms with Crippen molar-refractivity contribution in [1.29, 1.82) is 0 Å². The predicted molar refractivity (Wildman–Crippen MR) is 86.1 cm³/mol. The molecule has 0 aliphatic carbocycles. The fraction of sp³-hybridized carbons (Fsp3) is 0.400. The quantitative estimate of drug-likeness (QED) is 0.716. The van der Waals surface area contributed by atoms with E-state index < -0.39 is 0 Å². The van der Waals surface area contributed by atoms with Crippen LogP contribution >= 0.6 is 34.8 Å². The van der Waals surface area contributed by atoms with Gasteiger partial charge in [-0.25, -0.2) is 0 Å². The van der Waals surface area contributed by atoms with Gasteiger partial charge in [0, 0.05) is 35.4 Å². The van der Waals surface area contributed by atoms with Crippen LogP contribution < -0.4 is 0 Å². The molecule has 1 aromatic carbocycles. The summed E-state index contributed by atoms with van der Waals surface area (Å²) in [6, 6.07) is 7.78. The van der Waals surface area contributed by atoms with Gasteiger partial charge in [0.2, 0.25) is 0 Å². The normalized spacial score (nSPS) is 11.8. The lowest BCUT2D eigenvalue weighted by molar-refractivity contribution is 0.492. The summed E-state index contributed by atoms with van der Waals surface area (Å²) in [6.45, 7) is 0. The van der Waals surface area contributed by atoms with Crippen LogP contribution in [-0.2, 0) is 18.9 Å². The first kappa shape index (κ1) is 15.7. The molecule has 0 saturated carbocycles. The molecule has 108 valence electrons. The number of alkyl halides is 2. The number of hydrogen-bond acceptors (Lipinski definition) is 1. The van der Waals surface area contributed by atoms with E-state index in [0.717, 1.165) is 23.4 Å². The highest BCUT2D eigenvalue weighted by atomic mass is 35.5. The minimum absolute atomic E-state index is 0.308. The molecule has 0 aliphatic rings. The molecule has 0 spiro atoms. The molecule has 0 saturated heterocycles. The lowest BCUT2D eigenvalue weighted by atomic mass is 9.79. The first-order valence-corrected chi connectivity index (χ1v) is 7.90. The van der Waals surface area contributed by atoms with Gasteiger partial charge in [-0.2, -0.15) is 5.10 Å². The van der Waals surface area contributed by atoms with Crippen molar-refractivity contribution in [2.75, 3.05) is 11.8 Å². The standard InChI is InChI=1S/C15H17Cl3N2/c1-20-9-12(8-19-20)6-7-15(10-16,11-17)13-4-2-3-5-14(13)18/h2-5,8-9H,6-7,10-11H2,1H3. The van der Waals surface area contributed by atoms with Crippen molar-refractivity contribution in [3.8, 4) is 0 Å². The topological polar surface area (TPSA) is 17.8 Å². The average Bonchev–Trinajstić information content (AvgIpc) is 2.88. The van der Waals surface area contributed by atoms with Crippen molar-refractivity contribution in [2.45, 2.75) is 18.3 Å². The molecule has 1 aromatic heterocycles. The van der Waals surface area contributed by atoms with E-state index in [-0.39, 0.29) is 5.41 Å². The Balaban J connectivity index is 2.23. The van der Waals surface area contributed by atoms with Crippen LogP contribution in [0.2, 0.25) is 5.02 Å². The third-order valence-corrected chi connectivity index (χ3v) is 4.96. The third-order valence-electron chi connectivity index (χ3n) is 3.61. The van der Waals surface area contributed by atoms with E-state index in [1.807, 2.05) is 43.7 Å². The summed E-state index contributed by atoms with van der Waals surface area (Å²) >= 11 is 18.8. The van der Waals surface area contributed by atoms with Crippen molar-refractivity contribution < 1.29 is 0 Å². The molecule has 2 aromatic rings. The molecular formula is C15H17Cl3N2. The van der Waals surface area contributed by atoms with Crippen molar-refractivity contribution >= 4 is 34.8 Å². The molecule has 20 heavy (non-hydrogen) atoms. The molecule has 5 heteroatoms. The van der Waals surface area contributed by atoms with Crippen LogP contribution in [0.4, 0.5) is 0 Å². The summed E-state index contributed by atoms with van der Waals surface area (Å²) in [5, 5.41) is 4.91. The second-order valence-electron chi connectivity index (χ2n) is 5.05. The van der Waals surface area contributed by atoms with Crippen molar-refractivity contribution in [3.63, 3.8) is 0 Å². The van der Waals surface area contributed by atoms with Crippen molar-refractivity contribution in [1.82, 2.24) is 9.78 Å². The summed E-state index contributed by atoms with van der Waals surface area (Å²) in [5.41, 5.74) is 1.90. The summed E-state index contributed by atoms with van der Waals surface area (Å²) in [5.74, 6) is 0.890. The predicted octanol–water partition coefficient (Wildman–Crippen LogP) is 4.42. The second-order valence-corrected chi connectivity index (χ2v) is 5.99. The Morgan fingerprint density at radius 3 is 2.45 bits per heavy atom. The van der Waals surface area contributed by atoms with Crippen LogP contribution in [0.1, 0.15) is 17.5 Å². The zero-order chi connectivity index (χ0) is 14.6. The first-order chi connectivity index (χ1) is 9.61. The molecule has 0 N–H and O–H groups in total. The van der Waals surface area contributed by atoms with E-state index in [4.69, 9.17) is 34.8 Å². The minimum atomic E-state index is -0.308. The molecule has 0 fully saturated rings. The maximum atomic E-state index is 6.32. The fourth-order valence-corrected chi connectivity index (χ4v) is 3.50. The van der Waals surface area contributed by atoms with Gasteiger partial charge >= 0.3 is 0 Å². The average molecular weight is 332 g/mol. The minimum Gasteiger partial charge on any atom is -0.276 e. The van der Waals surface area contributed by atoms with Crippen LogP contribution in [0.15, 0.2) is 36.7 Å². The maximum absolute atomic E-state index is 6.32.